The van der Waals surface area contributed by atoms with Crippen molar-refractivity contribution in [1.82, 2.24) is 0 Å². The summed E-state index contributed by atoms with van der Waals surface area (Å²) in [6.07, 6.45) is 0. The molecule has 1 heterocycles. The topological polar surface area (TPSA) is 18.5 Å². The predicted molar refractivity (Wildman–Crippen MR) is 47.3 cm³/mol. The first-order valence-corrected chi connectivity index (χ1v) is 4.20. The fourth-order valence-corrected chi connectivity index (χ4v) is 1.62. The van der Waals surface area contributed by atoms with Crippen LogP contribution >= 0.6 is 23.2 Å². The minimum Gasteiger partial charge on any atom is -0.452 e. The van der Waals surface area contributed by atoms with Crippen molar-refractivity contribution in [2.45, 2.75) is 6.92 Å². The molecule has 1 aliphatic rings. The molecule has 0 atom stereocenters. The maximum absolute atomic E-state index is 5.95. The fraction of sp³-hybridized carbons (Fsp3) is 0.250. The lowest BCUT2D eigenvalue weighted by molar-refractivity contribution is 0.174. The van der Waals surface area contributed by atoms with Gasteiger partial charge in [0.2, 0.25) is 6.79 Å². The van der Waals surface area contributed by atoms with Crippen LogP contribution in [0, 0.1) is 6.92 Å². The van der Waals surface area contributed by atoms with Gasteiger partial charge in [-0.25, -0.2) is 0 Å². The summed E-state index contributed by atoms with van der Waals surface area (Å²) in [7, 11) is 0. The Hall–Kier alpha value is -0.600. The zero-order valence-electron chi connectivity index (χ0n) is 6.36. The van der Waals surface area contributed by atoms with E-state index in [1.165, 1.54) is 0 Å². The third-order valence-electron chi connectivity index (χ3n) is 1.72. The van der Waals surface area contributed by atoms with Crippen molar-refractivity contribution in [1.29, 1.82) is 0 Å². The molecule has 4 heteroatoms. The van der Waals surface area contributed by atoms with Crippen LogP contribution in [0.2, 0.25) is 10.0 Å². The van der Waals surface area contributed by atoms with Crippen molar-refractivity contribution in [3.8, 4) is 11.5 Å². The van der Waals surface area contributed by atoms with Gasteiger partial charge in [-0.1, -0.05) is 23.2 Å². The molecule has 0 fully saturated rings. The van der Waals surface area contributed by atoms with Crippen molar-refractivity contribution in [2.24, 2.45) is 0 Å². The highest BCUT2D eigenvalue weighted by Crippen LogP contribution is 2.45. The van der Waals surface area contributed by atoms with Crippen LogP contribution in [-0.4, -0.2) is 6.79 Å². The van der Waals surface area contributed by atoms with E-state index >= 15 is 0 Å². The zero-order valence-corrected chi connectivity index (χ0v) is 7.87. The highest BCUT2D eigenvalue weighted by atomic mass is 35.5. The van der Waals surface area contributed by atoms with E-state index in [4.69, 9.17) is 32.7 Å². The van der Waals surface area contributed by atoms with E-state index in [1.807, 2.05) is 6.92 Å². The van der Waals surface area contributed by atoms with E-state index in [-0.39, 0.29) is 6.79 Å². The Labute approximate surface area is 80.0 Å². The Balaban J connectivity index is 2.69. The quantitative estimate of drug-likeness (QED) is 0.647. The average Bonchev–Trinajstić information content (AvgIpc) is 2.48. The minimum atomic E-state index is 0.193. The molecule has 2 rings (SSSR count). The van der Waals surface area contributed by atoms with Crippen LogP contribution < -0.4 is 9.47 Å². The number of hydrogen-bond acceptors (Lipinski definition) is 2. The Bertz CT molecular complexity index is 336. The van der Waals surface area contributed by atoms with E-state index in [2.05, 4.69) is 0 Å². The molecule has 2 nitrogen and oxygen atoms in total. The van der Waals surface area contributed by atoms with E-state index in [1.54, 1.807) is 6.07 Å². The number of halogens is 2. The van der Waals surface area contributed by atoms with Gasteiger partial charge >= 0.3 is 0 Å². The highest BCUT2D eigenvalue weighted by Gasteiger charge is 2.21. The van der Waals surface area contributed by atoms with Gasteiger partial charge in [0.15, 0.2) is 11.5 Å². The lowest BCUT2D eigenvalue weighted by Crippen LogP contribution is -1.93. The zero-order chi connectivity index (χ0) is 8.72. The highest BCUT2D eigenvalue weighted by molar-refractivity contribution is 6.36. The maximum Gasteiger partial charge on any atom is 0.231 e. The van der Waals surface area contributed by atoms with Crippen LogP contribution in [0.15, 0.2) is 6.07 Å². The summed E-state index contributed by atoms with van der Waals surface area (Å²) < 4.78 is 10.3. The van der Waals surface area contributed by atoms with Crippen molar-refractivity contribution >= 4 is 23.2 Å². The van der Waals surface area contributed by atoms with Gasteiger partial charge in [-0.05, 0) is 18.6 Å². The second-order valence-corrected chi connectivity index (χ2v) is 3.34. The summed E-state index contributed by atoms with van der Waals surface area (Å²) >= 11 is 11.8. The molecular weight excluding hydrogens is 199 g/mol. The average molecular weight is 205 g/mol. The molecule has 0 bridgehead atoms. The smallest absolute Gasteiger partial charge is 0.231 e. The maximum atomic E-state index is 5.95. The normalized spacial score (nSPS) is 13.6. The SMILES string of the molecule is Cc1cc(Cl)c2c(c1Cl)OCO2. The van der Waals surface area contributed by atoms with Crippen LogP contribution in [-0.2, 0) is 0 Å². The third kappa shape index (κ3) is 1.03. The Morgan fingerprint density at radius 2 is 1.92 bits per heavy atom. The number of aryl methyl sites for hydroxylation is 1. The largest absolute Gasteiger partial charge is 0.452 e. The van der Waals surface area contributed by atoms with Gasteiger partial charge in [0.25, 0.3) is 0 Å². The van der Waals surface area contributed by atoms with Gasteiger partial charge in [-0.15, -0.1) is 0 Å². The van der Waals surface area contributed by atoms with Crippen molar-refractivity contribution in [3.63, 3.8) is 0 Å². The van der Waals surface area contributed by atoms with E-state index < -0.39 is 0 Å². The summed E-state index contributed by atoms with van der Waals surface area (Å²) in [5.41, 5.74) is 0.894. The summed E-state index contributed by atoms with van der Waals surface area (Å²) in [5, 5.41) is 1.12. The molecule has 0 radical (unpaired) electrons. The minimum absolute atomic E-state index is 0.193. The molecule has 0 N–H and O–H groups in total. The molecule has 0 saturated carbocycles. The standard InChI is InChI=1S/C8H6Cl2O2/c1-4-2-5(9)7-8(6(4)10)12-3-11-7/h2H,3H2,1H3. The fourth-order valence-electron chi connectivity index (χ4n) is 1.12. The van der Waals surface area contributed by atoms with Gasteiger partial charge in [-0.3, -0.25) is 0 Å². The van der Waals surface area contributed by atoms with Gasteiger partial charge in [-0.2, -0.15) is 0 Å². The Kier molecular flexibility index (Phi) is 1.81. The van der Waals surface area contributed by atoms with Gasteiger partial charge in [0, 0.05) is 0 Å². The van der Waals surface area contributed by atoms with Crippen LogP contribution in [0.5, 0.6) is 11.5 Å². The monoisotopic (exact) mass is 204 g/mol. The molecule has 12 heavy (non-hydrogen) atoms. The third-order valence-corrected chi connectivity index (χ3v) is 2.47. The summed E-state index contributed by atoms with van der Waals surface area (Å²) in [5.74, 6) is 1.11. The molecule has 1 aromatic rings. The summed E-state index contributed by atoms with van der Waals surface area (Å²) in [6.45, 7) is 2.06. The number of benzene rings is 1. The van der Waals surface area contributed by atoms with Crippen molar-refractivity contribution < 1.29 is 9.47 Å². The Morgan fingerprint density at radius 3 is 2.67 bits per heavy atom. The molecule has 0 aromatic heterocycles. The lowest BCUT2D eigenvalue weighted by atomic mass is 10.2. The van der Waals surface area contributed by atoms with Gasteiger partial charge < -0.3 is 9.47 Å². The van der Waals surface area contributed by atoms with E-state index in [0.717, 1.165) is 5.56 Å². The second-order valence-electron chi connectivity index (χ2n) is 2.55. The summed E-state index contributed by atoms with van der Waals surface area (Å²) in [4.78, 5) is 0. The van der Waals surface area contributed by atoms with Crippen LogP contribution in [0.3, 0.4) is 0 Å². The van der Waals surface area contributed by atoms with Crippen molar-refractivity contribution in [2.75, 3.05) is 6.79 Å². The van der Waals surface area contributed by atoms with Crippen LogP contribution in [0.4, 0.5) is 0 Å². The van der Waals surface area contributed by atoms with Gasteiger partial charge in [0.05, 0.1) is 10.0 Å². The van der Waals surface area contributed by atoms with Crippen LogP contribution in [0.25, 0.3) is 0 Å². The molecule has 1 aliphatic heterocycles. The molecule has 0 unspecified atom stereocenters. The first-order chi connectivity index (χ1) is 5.70. The number of hydrogen-bond donors (Lipinski definition) is 0. The van der Waals surface area contributed by atoms with Gasteiger partial charge in [0.1, 0.15) is 0 Å². The molecule has 0 saturated heterocycles. The first kappa shape index (κ1) is 8.02. The molecule has 0 amide bonds. The molecule has 0 aliphatic carbocycles. The number of fused-ring (bicyclic) bond motifs is 1. The predicted octanol–water partition coefficient (Wildman–Crippen LogP) is 3.03. The Morgan fingerprint density at radius 1 is 1.25 bits per heavy atom. The van der Waals surface area contributed by atoms with E-state index in [9.17, 15) is 0 Å². The number of ether oxygens (including phenoxy) is 2. The van der Waals surface area contributed by atoms with Crippen LogP contribution in [0.1, 0.15) is 5.56 Å². The van der Waals surface area contributed by atoms with E-state index in [0.29, 0.717) is 21.5 Å². The summed E-state index contributed by atoms with van der Waals surface area (Å²) in [6, 6.07) is 1.76. The molecular formula is C8H6Cl2O2. The number of rotatable bonds is 0. The second kappa shape index (κ2) is 2.71. The first-order valence-electron chi connectivity index (χ1n) is 3.44. The van der Waals surface area contributed by atoms with Crippen molar-refractivity contribution in [3.05, 3.63) is 21.7 Å². The molecule has 1 aromatic carbocycles. The molecule has 0 spiro atoms. The lowest BCUT2D eigenvalue weighted by Gasteiger charge is -2.03. The molecule has 64 valence electrons.